The van der Waals surface area contributed by atoms with Crippen LogP contribution in [0.3, 0.4) is 0 Å². The zero-order valence-electron chi connectivity index (χ0n) is 24.4. The molecule has 6 nitrogen and oxygen atoms in total. The van der Waals surface area contributed by atoms with Gasteiger partial charge >= 0.3 is 0 Å². The highest BCUT2D eigenvalue weighted by atomic mass is 16.3. The van der Waals surface area contributed by atoms with Crippen LogP contribution in [0, 0.1) is 20.8 Å². The smallest absolute Gasteiger partial charge is 0.145 e. The van der Waals surface area contributed by atoms with Crippen molar-refractivity contribution in [2.24, 2.45) is 0 Å². The molecule has 0 unspecified atom stereocenters. The summed E-state index contributed by atoms with van der Waals surface area (Å²) in [6.07, 6.45) is 0. The molecule has 2 aromatic heterocycles. The van der Waals surface area contributed by atoms with E-state index in [1.54, 1.807) is 12.1 Å². The Bertz CT molecular complexity index is 2000. The van der Waals surface area contributed by atoms with Gasteiger partial charge in [0.25, 0.3) is 0 Å². The standard InChI is InChI=1S/C37H32N4O2/c1-23-20-24(2)29(22-41-33-17-9-7-15-31(33)39-37(41)27-13-5-11-19-35(27)43)25(3)28(23)21-40-32-16-8-6-14-30(32)38-36(40)26-12-4-10-18-34(26)42/h4-20,42-43H,21-22H2,1-3H3. The van der Waals surface area contributed by atoms with Crippen molar-refractivity contribution < 1.29 is 10.2 Å². The molecule has 212 valence electrons. The molecular formula is C37H32N4O2. The van der Waals surface area contributed by atoms with Gasteiger partial charge in [-0.25, -0.2) is 9.97 Å². The highest BCUT2D eigenvalue weighted by Crippen LogP contribution is 2.35. The maximum absolute atomic E-state index is 10.8. The summed E-state index contributed by atoms with van der Waals surface area (Å²) in [6.45, 7) is 7.73. The second-order valence-corrected chi connectivity index (χ2v) is 11.1. The summed E-state index contributed by atoms with van der Waals surface area (Å²) in [6, 6.07) is 33.3. The molecule has 0 atom stereocenters. The van der Waals surface area contributed by atoms with Crippen LogP contribution in [-0.2, 0) is 13.1 Å². The summed E-state index contributed by atoms with van der Waals surface area (Å²) < 4.78 is 4.41. The molecule has 0 saturated carbocycles. The monoisotopic (exact) mass is 564 g/mol. The van der Waals surface area contributed by atoms with Crippen molar-refractivity contribution in [3.63, 3.8) is 0 Å². The highest BCUT2D eigenvalue weighted by Gasteiger charge is 2.21. The SMILES string of the molecule is Cc1cc(C)c(Cn2c(-c3ccccc3O)nc3ccccc32)c(C)c1Cn1c(-c2ccccc2O)nc2ccccc21. The molecule has 7 rings (SSSR count). The van der Waals surface area contributed by atoms with Crippen molar-refractivity contribution in [1.29, 1.82) is 0 Å². The van der Waals surface area contributed by atoms with Gasteiger partial charge in [-0.3, -0.25) is 0 Å². The molecule has 0 bridgehead atoms. The van der Waals surface area contributed by atoms with Crippen LogP contribution < -0.4 is 0 Å². The summed E-state index contributed by atoms with van der Waals surface area (Å²) in [5, 5.41) is 21.5. The van der Waals surface area contributed by atoms with E-state index in [4.69, 9.17) is 9.97 Å². The number of aryl methyl sites for hydroxylation is 2. The lowest BCUT2D eigenvalue weighted by Crippen LogP contribution is -2.11. The molecule has 6 heteroatoms. The van der Waals surface area contributed by atoms with Crippen LogP contribution >= 0.6 is 0 Å². The topological polar surface area (TPSA) is 76.1 Å². The maximum Gasteiger partial charge on any atom is 0.145 e. The number of fused-ring (bicyclic) bond motifs is 2. The van der Waals surface area contributed by atoms with E-state index in [1.165, 1.54) is 27.8 Å². The first-order chi connectivity index (χ1) is 20.9. The Hall–Kier alpha value is -5.36. The number of benzene rings is 5. The van der Waals surface area contributed by atoms with Crippen molar-refractivity contribution in [3.05, 3.63) is 131 Å². The lowest BCUT2D eigenvalue weighted by molar-refractivity contribution is 0.476. The van der Waals surface area contributed by atoms with E-state index in [0.29, 0.717) is 24.2 Å². The summed E-state index contributed by atoms with van der Waals surface area (Å²) in [7, 11) is 0. The van der Waals surface area contributed by atoms with Crippen LogP contribution in [0.15, 0.2) is 103 Å². The molecule has 0 aliphatic rings. The molecule has 0 radical (unpaired) electrons. The molecule has 0 spiro atoms. The zero-order chi connectivity index (χ0) is 29.7. The van der Waals surface area contributed by atoms with E-state index in [-0.39, 0.29) is 11.5 Å². The third-order valence-corrected chi connectivity index (χ3v) is 8.52. The Morgan fingerprint density at radius 1 is 0.535 bits per heavy atom. The van der Waals surface area contributed by atoms with Gasteiger partial charge in [-0.1, -0.05) is 54.6 Å². The number of rotatable bonds is 6. The van der Waals surface area contributed by atoms with Gasteiger partial charge < -0.3 is 19.3 Å². The van der Waals surface area contributed by atoms with Crippen LogP contribution in [0.1, 0.15) is 27.8 Å². The Balaban J connectivity index is 1.38. The fourth-order valence-corrected chi connectivity index (χ4v) is 6.28. The Labute approximate surface area is 250 Å². The van der Waals surface area contributed by atoms with Crippen LogP contribution in [0.25, 0.3) is 44.8 Å². The molecule has 0 aliphatic carbocycles. The average Bonchev–Trinajstić information content (AvgIpc) is 3.56. The normalized spacial score (nSPS) is 11.5. The second-order valence-electron chi connectivity index (χ2n) is 11.1. The van der Waals surface area contributed by atoms with Crippen molar-refractivity contribution in [1.82, 2.24) is 19.1 Å². The number of hydrogen-bond acceptors (Lipinski definition) is 4. The van der Waals surface area contributed by atoms with Gasteiger partial charge in [-0.05, 0) is 97.1 Å². The van der Waals surface area contributed by atoms with Gasteiger partial charge in [0.15, 0.2) is 0 Å². The van der Waals surface area contributed by atoms with Gasteiger partial charge in [0.1, 0.15) is 23.1 Å². The predicted molar refractivity (Wildman–Crippen MR) is 173 cm³/mol. The molecule has 2 N–H and O–H groups in total. The van der Waals surface area contributed by atoms with Crippen molar-refractivity contribution >= 4 is 22.1 Å². The fraction of sp³-hybridized carbons (Fsp3) is 0.135. The molecule has 2 heterocycles. The van der Waals surface area contributed by atoms with Crippen LogP contribution in [0.4, 0.5) is 0 Å². The number of aromatic nitrogens is 4. The third-order valence-electron chi connectivity index (χ3n) is 8.52. The van der Waals surface area contributed by atoms with E-state index >= 15 is 0 Å². The molecule has 0 aliphatic heterocycles. The zero-order valence-corrected chi connectivity index (χ0v) is 24.4. The van der Waals surface area contributed by atoms with Gasteiger partial charge in [0.05, 0.1) is 46.3 Å². The number of nitrogens with zero attached hydrogens (tertiary/aromatic N) is 4. The number of para-hydroxylation sites is 6. The average molecular weight is 565 g/mol. The van der Waals surface area contributed by atoms with E-state index in [1.807, 2.05) is 72.8 Å². The molecule has 7 aromatic rings. The first-order valence-electron chi connectivity index (χ1n) is 14.5. The van der Waals surface area contributed by atoms with Crippen LogP contribution in [-0.4, -0.2) is 29.3 Å². The van der Waals surface area contributed by atoms with E-state index in [2.05, 4.69) is 48.1 Å². The van der Waals surface area contributed by atoms with Gasteiger partial charge in [-0.2, -0.15) is 0 Å². The summed E-state index contributed by atoms with van der Waals surface area (Å²) in [5.74, 6) is 1.90. The Morgan fingerprint density at radius 3 is 1.37 bits per heavy atom. The Morgan fingerprint density at radius 2 is 0.930 bits per heavy atom. The van der Waals surface area contributed by atoms with E-state index in [0.717, 1.165) is 33.7 Å². The number of phenolic OH excluding ortho intramolecular Hbond substituents is 2. The van der Waals surface area contributed by atoms with Crippen LogP contribution in [0.5, 0.6) is 11.5 Å². The lowest BCUT2D eigenvalue weighted by atomic mass is 9.93. The molecule has 43 heavy (non-hydrogen) atoms. The molecule has 0 saturated heterocycles. The van der Waals surface area contributed by atoms with Crippen molar-refractivity contribution in [2.45, 2.75) is 33.9 Å². The molecule has 0 fully saturated rings. The largest absolute Gasteiger partial charge is 0.507 e. The predicted octanol–water partition coefficient (Wildman–Crippen LogP) is 8.15. The number of imidazole rings is 2. The number of aromatic hydroxyl groups is 2. The Kier molecular flexibility index (Phi) is 6.47. The second kappa shape index (κ2) is 10.5. The van der Waals surface area contributed by atoms with Crippen molar-refractivity contribution in [2.75, 3.05) is 0 Å². The third kappa shape index (κ3) is 4.52. The lowest BCUT2D eigenvalue weighted by Gasteiger charge is -2.21. The van der Waals surface area contributed by atoms with Gasteiger partial charge in [-0.15, -0.1) is 0 Å². The first kappa shape index (κ1) is 26.5. The van der Waals surface area contributed by atoms with Gasteiger partial charge in [0, 0.05) is 0 Å². The van der Waals surface area contributed by atoms with E-state index < -0.39 is 0 Å². The minimum atomic E-state index is 0.209. The van der Waals surface area contributed by atoms with Crippen LogP contribution in [0.2, 0.25) is 0 Å². The summed E-state index contributed by atoms with van der Waals surface area (Å²) in [5.41, 5.74) is 11.3. The first-order valence-corrected chi connectivity index (χ1v) is 14.5. The maximum atomic E-state index is 10.8. The highest BCUT2D eigenvalue weighted by molar-refractivity contribution is 5.83. The summed E-state index contributed by atoms with van der Waals surface area (Å²) in [4.78, 5) is 9.91. The molecular weight excluding hydrogens is 532 g/mol. The fourth-order valence-electron chi connectivity index (χ4n) is 6.28. The number of hydrogen-bond donors (Lipinski definition) is 2. The molecule has 0 amide bonds. The minimum Gasteiger partial charge on any atom is -0.507 e. The molecule has 5 aromatic carbocycles. The minimum absolute atomic E-state index is 0.209. The van der Waals surface area contributed by atoms with Crippen molar-refractivity contribution in [3.8, 4) is 34.3 Å². The quantitative estimate of drug-likeness (QED) is 0.214. The summed E-state index contributed by atoms with van der Waals surface area (Å²) >= 11 is 0. The number of phenols is 2. The van der Waals surface area contributed by atoms with E-state index in [9.17, 15) is 10.2 Å². The van der Waals surface area contributed by atoms with Gasteiger partial charge in [0.2, 0.25) is 0 Å².